The largest absolute Gasteiger partial charge is 0.396 e. The van der Waals surface area contributed by atoms with Crippen molar-refractivity contribution in [3.63, 3.8) is 0 Å². The van der Waals surface area contributed by atoms with Gasteiger partial charge in [0.1, 0.15) is 0 Å². The van der Waals surface area contributed by atoms with Crippen molar-refractivity contribution in [1.82, 2.24) is 9.80 Å². The van der Waals surface area contributed by atoms with Crippen LogP contribution in [0, 0.1) is 5.92 Å². The number of carbonyl (C=O) groups is 1. The Morgan fingerprint density at radius 2 is 2.29 bits per heavy atom. The van der Waals surface area contributed by atoms with Crippen molar-refractivity contribution in [1.29, 1.82) is 0 Å². The van der Waals surface area contributed by atoms with Crippen LogP contribution in [-0.2, 0) is 0 Å². The molecular formula is C9H19N3O2. The minimum Gasteiger partial charge on any atom is -0.396 e. The predicted octanol–water partition coefficient (Wildman–Crippen LogP) is -0.689. The number of amides is 2. The zero-order valence-electron chi connectivity index (χ0n) is 8.65. The number of nitrogens with zero attached hydrogens (tertiary/aromatic N) is 2. The lowest BCUT2D eigenvalue weighted by Crippen LogP contribution is -2.55. The Morgan fingerprint density at radius 3 is 2.79 bits per heavy atom. The van der Waals surface area contributed by atoms with E-state index in [4.69, 9.17) is 10.8 Å². The van der Waals surface area contributed by atoms with E-state index in [-0.39, 0.29) is 12.6 Å². The molecular weight excluding hydrogens is 182 g/mol. The van der Waals surface area contributed by atoms with Crippen LogP contribution in [0.4, 0.5) is 4.79 Å². The molecule has 0 radical (unpaired) electrons. The van der Waals surface area contributed by atoms with Crippen LogP contribution in [0.15, 0.2) is 0 Å². The lowest BCUT2D eigenvalue weighted by molar-refractivity contribution is 0.100. The van der Waals surface area contributed by atoms with Crippen molar-refractivity contribution in [2.75, 3.05) is 39.8 Å². The summed E-state index contributed by atoms with van der Waals surface area (Å²) in [4.78, 5) is 14.5. The number of nitrogens with two attached hydrogens (primary N) is 1. The molecule has 0 unspecified atom stereocenters. The first kappa shape index (κ1) is 11.3. The van der Waals surface area contributed by atoms with Crippen LogP contribution in [0.1, 0.15) is 6.42 Å². The fourth-order valence-electron chi connectivity index (χ4n) is 1.74. The van der Waals surface area contributed by atoms with E-state index in [1.807, 2.05) is 7.05 Å². The molecule has 1 rings (SSSR count). The quantitative estimate of drug-likeness (QED) is 0.618. The summed E-state index contributed by atoms with van der Waals surface area (Å²) in [7, 11) is 2.03. The summed E-state index contributed by atoms with van der Waals surface area (Å²) >= 11 is 0. The zero-order chi connectivity index (χ0) is 10.6. The maximum absolute atomic E-state index is 10.7. The van der Waals surface area contributed by atoms with E-state index in [0.29, 0.717) is 5.92 Å². The first-order valence-electron chi connectivity index (χ1n) is 4.97. The van der Waals surface area contributed by atoms with Crippen LogP contribution in [0.2, 0.25) is 0 Å². The highest BCUT2D eigenvalue weighted by molar-refractivity contribution is 5.72. The number of likely N-dealkylation sites (tertiary alicyclic amines) is 1. The van der Waals surface area contributed by atoms with Crippen LogP contribution in [-0.4, -0.2) is 60.8 Å². The molecule has 0 aromatic carbocycles. The van der Waals surface area contributed by atoms with Crippen molar-refractivity contribution < 1.29 is 9.90 Å². The average Bonchev–Trinajstić information content (AvgIpc) is 2.06. The molecule has 0 aromatic rings. The van der Waals surface area contributed by atoms with Gasteiger partial charge in [-0.05, 0) is 13.5 Å². The van der Waals surface area contributed by atoms with Crippen molar-refractivity contribution in [3.8, 4) is 0 Å². The molecule has 1 aliphatic heterocycles. The van der Waals surface area contributed by atoms with Crippen LogP contribution in [0.25, 0.3) is 0 Å². The Balaban J connectivity index is 2.07. The molecule has 0 aromatic heterocycles. The minimum absolute atomic E-state index is 0.239. The van der Waals surface area contributed by atoms with Gasteiger partial charge >= 0.3 is 6.03 Å². The molecule has 2 amide bonds. The number of aliphatic hydroxyl groups excluding tert-OH is 1. The summed E-state index contributed by atoms with van der Waals surface area (Å²) in [5, 5.41) is 8.64. The van der Waals surface area contributed by atoms with E-state index in [1.54, 1.807) is 4.90 Å². The van der Waals surface area contributed by atoms with Gasteiger partial charge in [0.2, 0.25) is 0 Å². The lowest BCUT2D eigenvalue weighted by Gasteiger charge is -2.39. The van der Waals surface area contributed by atoms with Crippen molar-refractivity contribution in [2.24, 2.45) is 11.7 Å². The number of hydrogen-bond acceptors (Lipinski definition) is 3. The normalized spacial score (nSPS) is 17.2. The van der Waals surface area contributed by atoms with Crippen LogP contribution in [0.3, 0.4) is 0 Å². The molecule has 5 heteroatoms. The second-order valence-corrected chi connectivity index (χ2v) is 3.95. The van der Waals surface area contributed by atoms with E-state index in [0.717, 1.165) is 32.6 Å². The zero-order valence-corrected chi connectivity index (χ0v) is 8.65. The van der Waals surface area contributed by atoms with E-state index in [1.165, 1.54) is 0 Å². The van der Waals surface area contributed by atoms with E-state index >= 15 is 0 Å². The summed E-state index contributed by atoms with van der Waals surface area (Å²) in [6, 6.07) is -0.320. The third-order valence-electron chi connectivity index (χ3n) is 2.54. The summed E-state index contributed by atoms with van der Waals surface area (Å²) in [6.07, 6.45) is 0.808. The van der Waals surface area contributed by atoms with Gasteiger partial charge in [0.25, 0.3) is 0 Å². The number of carbonyl (C=O) groups excluding carboxylic acids is 1. The van der Waals surface area contributed by atoms with Gasteiger partial charge < -0.3 is 20.6 Å². The Kier molecular flexibility index (Phi) is 4.16. The Hall–Kier alpha value is -0.810. The summed E-state index contributed by atoms with van der Waals surface area (Å²) in [6.45, 7) is 3.67. The first-order valence-corrected chi connectivity index (χ1v) is 4.97. The molecule has 14 heavy (non-hydrogen) atoms. The molecule has 1 fully saturated rings. The minimum atomic E-state index is -0.320. The Bertz CT molecular complexity index is 192. The Labute approximate surface area is 84.5 Å². The van der Waals surface area contributed by atoms with Crippen LogP contribution in [0.5, 0.6) is 0 Å². The monoisotopic (exact) mass is 201 g/mol. The van der Waals surface area contributed by atoms with Crippen molar-refractivity contribution >= 4 is 6.03 Å². The van der Waals surface area contributed by atoms with Crippen molar-refractivity contribution in [2.45, 2.75) is 6.42 Å². The van der Waals surface area contributed by atoms with Gasteiger partial charge in [-0.1, -0.05) is 0 Å². The molecule has 0 bridgehead atoms. The summed E-state index contributed by atoms with van der Waals surface area (Å²) in [5.41, 5.74) is 5.11. The van der Waals surface area contributed by atoms with Gasteiger partial charge in [-0.2, -0.15) is 0 Å². The molecule has 5 nitrogen and oxygen atoms in total. The van der Waals surface area contributed by atoms with Gasteiger partial charge in [0.15, 0.2) is 0 Å². The second-order valence-electron chi connectivity index (χ2n) is 3.95. The summed E-state index contributed by atoms with van der Waals surface area (Å²) in [5.74, 6) is 0.547. The average molecular weight is 201 g/mol. The SMILES string of the molecule is CN(CCCO)CC1CN(C(N)=O)C1. The molecule has 82 valence electrons. The van der Waals surface area contributed by atoms with Gasteiger partial charge in [-0.25, -0.2) is 4.79 Å². The fourth-order valence-corrected chi connectivity index (χ4v) is 1.74. The van der Waals surface area contributed by atoms with Gasteiger partial charge in [0, 0.05) is 38.7 Å². The lowest BCUT2D eigenvalue weighted by atomic mass is 10.0. The highest BCUT2D eigenvalue weighted by Gasteiger charge is 2.29. The van der Waals surface area contributed by atoms with Crippen molar-refractivity contribution in [3.05, 3.63) is 0 Å². The third-order valence-corrected chi connectivity index (χ3v) is 2.54. The highest BCUT2D eigenvalue weighted by atomic mass is 16.3. The van der Waals surface area contributed by atoms with Gasteiger partial charge in [-0.15, -0.1) is 0 Å². The number of rotatable bonds is 5. The highest BCUT2D eigenvalue weighted by Crippen LogP contribution is 2.15. The van der Waals surface area contributed by atoms with Crippen LogP contribution >= 0.6 is 0 Å². The number of hydrogen-bond donors (Lipinski definition) is 2. The predicted molar refractivity (Wildman–Crippen MR) is 53.8 cm³/mol. The standard InChI is InChI=1S/C9H19N3O2/c1-11(3-2-4-13)5-8-6-12(7-8)9(10)14/h8,13H,2-7H2,1H3,(H2,10,14). The molecule has 1 aliphatic rings. The molecule has 0 saturated carbocycles. The van der Waals surface area contributed by atoms with Crippen LogP contribution < -0.4 is 5.73 Å². The number of urea groups is 1. The fraction of sp³-hybridized carbons (Fsp3) is 0.889. The number of aliphatic hydroxyl groups is 1. The maximum atomic E-state index is 10.7. The van der Waals surface area contributed by atoms with E-state index in [2.05, 4.69) is 4.90 Å². The van der Waals surface area contributed by atoms with Gasteiger partial charge in [0.05, 0.1) is 0 Å². The molecule has 0 aliphatic carbocycles. The molecule has 1 heterocycles. The molecule has 0 spiro atoms. The maximum Gasteiger partial charge on any atom is 0.314 e. The molecule has 0 atom stereocenters. The third kappa shape index (κ3) is 3.16. The van der Waals surface area contributed by atoms with E-state index in [9.17, 15) is 4.79 Å². The Morgan fingerprint density at radius 1 is 1.64 bits per heavy atom. The first-order chi connectivity index (χ1) is 6.63. The molecule has 3 N–H and O–H groups in total. The summed E-state index contributed by atoms with van der Waals surface area (Å²) < 4.78 is 0. The topological polar surface area (TPSA) is 69.8 Å². The second kappa shape index (κ2) is 5.17. The number of primary amides is 1. The van der Waals surface area contributed by atoms with Gasteiger partial charge in [-0.3, -0.25) is 0 Å². The smallest absolute Gasteiger partial charge is 0.314 e. The molecule has 1 saturated heterocycles. The van der Waals surface area contributed by atoms with E-state index < -0.39 is 0 Å².